The van der Waals surface area contributed by atoms with Gasteiger partial charge in [-0.25, -0.2) is 4.39 Å². The topological polar surface area (TPSA) is 115 Å². The Balaban J connectivity index is 1.84. The molecule has 0 aromatic carbocycles. The van der Waals surface area contributed by atoms with Gasteiger partial charge in [0.1, 0.15) is 6.61 Å². The number of carbonyl (C=O) groups is 2. The minimum Gasteiger partial charge on any atom is -0.390 e. The van der Waals surface area contributed by atoms with E-state index in [1.54, 1.807) is 13.8 Å². The molecule has 0 heterocycles. The lowest BCUT2D eigenvalue weighted by atomic mass is 9.44. The third-order valence-electron chi connectivity index (χ3n) is 8.43. The lowest BCUT2D eigenvalue weighted by Gasteiger charge is -2.62. The van der Waals surface area contributed by atoms with Crippen molar-refractivity contribution in [3.05, 3.63) is 23.8 Å². The van der Waals surface area contributed by atoms with E-state index in [0.29, 0.717) is 18.4 Å². The zero-order valence-electron chi connectivity index (χ0n) is 16.1. The molecule has 28 heavy (non-hydrogen) atoms. The Bertz CT molecular complexity index is 807. The Kier molecular flexibility index (Phi) is 4.13. The number of Topliss-reactive ketones (excluding diaryl/α,β-unsaturated/α-hetero) is 1. The Hall–Kier alpha value is -1.41. The molecule has 4 aliphatic carbocycles. The predicted molar refractivity (Wildman–Crippen MR) is 96.8 cm³/mol. The summed E-state index contributed by atoms with van der Waals surface area (Å²) in [7, 11) is 0. The lowest BCUT2D eigenvalue weighted by molar-refractivity contribution is -0.222. The number of allylic oxidation sites excluding steroid dienone is 4. The van der Waals surface area contributed by atoms with Crippen LogP contribution < -0.4 is 0 Å². The summed E-state index contributed by atoms with van der Waals surface area (Å²) >= 11 is 0. The number of halogens is 1. The van der Waals surface area contributed by atoms with Crippen LogP contribution in [0.3, 0.4) is 0 Å². The second-order valence-corrected chi connectivity index (χ2v) is 9.36. The highest BCUT2D eigenvalue weighted by Crippen LogP contribution is 2.69. The van der Waals surface area contributed by atoms with Crippen LogP contribution >= 0.6 is 0 Å². The molecule has 2 unspecified atom stereocenters. The van der Waals surface area contributed by atoms with Crippen molar-refractivity contribution in [3.8, 4) is 0 Å². The Morgan fingerprint density at radius 3 is 2.57 bits per heavy atom. The Labute approximate surface area is 162 Å². The van der Waals surface area contributed by atoms with Crippen LogP contribution in [-0.4, -0.2) is 62.1 Å². The first-order chi connectivity index (χ1) is 13.0. The molecule has 4 rings (SSSR count). The summed E-state index contributed by atoms with van der Waals surface area (Å²) < 4.78 is 16.8. The molecule has 3 saturated carbocycles. The second kappa shape index (κ2) is 5.81. The van der Waals surface area contributed by atoms with Crippen molar-refractivity contribution in [2.24, 2.45) is 22.7 Å². The van der Waals surface area contributed by atoms with Crippen LogP contribution in [0.25, 0.3) is 0 Å². The maximum atomic E-state index is 16.8. The third-order valence-corrected chi connectivity index (χ3v) is 8.43. The van der Waals surface area contributed by atoms with Crippen LogP contribution in [0, 0.1) is 22.7 Å². The first-order valence-electron chi connectivity index (χ1n) is 9.82. The van der Waals surface area contributed by atoms with Gasteiger partial charge < -0.3 is 20.4 Å². The predicted octanol–water partition coefficient (Wildman–Crippen LogP) is 0.620. The van der Waals surface area contributed by atoms with Crippen molar-refractivity contribution in [2.45, 2.75) is 63.0 Å². The molecule has 0 saturated heterocycles. The van der Waals surface area contributed by atoms with E-state index in [1.807, 2.05) is 0 Å². The van der Waals surface area contributed by atoms with Crippen LogP contribution in [0.4, 0.5) is 4.39 Å². The van der Waals surface area contributed by atoms with E-state index in [9.17, 15) is 30.0 Å². The maximum absolute atomic E-state index is 16.8. The molecule has 154 valence electrons. The monoisotopic (exact) mass is 394 g/mol. The van der Waals surface area contributed by atoms with Crippen molar-refractivity contribution in [1.82, 2.24) is 0 Å². The highest BCUT2D eigenvalue weighted by molar-refractivity contribution is 6.01. The summed E-state index contributed by atoms with van der Waals surface area (Å²) in [6.45, 7) is 2.33. The van der Waals surface area contributed by atoms with Crippen LogP contribution in [0.2, 0.25) is 0 Å². The summed E-state index contributed by atoms with van der Waals surface area (Å²) in [6.07, 6.45) is 1.93. The number of carbonyl (C=O) groups excluding carboxylic acids is 2. The summed E-state index contributed by atoms with van der Waals surface area (Å²) in [5, 5.41) is 42.1. The van der Waals surface area contributed by atoms with Gasteiger partial charge in [-0.3, -0.25) is 9.59 Å². The molecule has 8 atom stereocenters. The number of fused-ring (bicyclic) bond motifs is 5. The van der Waals surface area contributed by atoms with Crippen LogP contribution in [0.5, 0.6) is 0 Å². The number of aliphatic hydroxyl groups is 4. The molecular formula is C21H27FO6. The number of ketones is 2. The van der Waals surface area contributed by atoms with Gasteiger partial charge in [-0.15, -0.1) is 0 Å². The molecule has 0 aromatic rings. The molecule has 0 aromatic heterocycles. The summed E-state index contributed by atoms with van der Waals surface area (Å²) in [6, 6.07) is 0. The average molecular weight is 394 g/mol. The molecule has 0 radical (unpaired) electrons. The van der Waals surface area contributed by atoms with Crippen LogP contribution in [0.1, 0.15) is 39.5 Å². The highest BCUT2D eigenvalue weighted by atomic mass is 19.1. The SMILES string of the molecule is C[C@]12C=CC(=O)C=C1CC[C@H]1[C@@H]3C[C@@H](O)[C@](O)(C(=O)CO)[C@@]3(C)CC(O)C12F. The van der Waals surface area contributed by atoms with Crippen LogP contribution in [0.15, 0.2) is 23.8 Å². The van der Waals surface area contributed by atoms with Gasteiger partial charge in [-0.05, 0) is 50.7 Å². The standard InChI is InChI=1S/C21H27FO6/c1-18-6-5-12(24)7-11(18)3-4-13-14-8-15(25)21(28,17(27)10-23)19(14,2)9-16(26)20(13,18)22/h5-7,13-16,23,25-26,28H,3-4,8-10H2,1-2H3/t13-,14-,15+,16?,18-,19-,20?,21-/m0/s1. The smallest absolute Gasteiger partial charge is 0.192 e. The van der Waals surface area contributed by atoms with E-state index in [1.165, 1.54) is 18.2 Å². The molecule has 4 N–H and O–H groups in total. The van der Waals surface area contributed by atoms with E-state index in [2.05, 4.69) is 0 Å². The number of hydrogen-bond acceptors (Lipinski definition) is 6. The first kappa shape index (κ1) is 19.9. The van der Waals surface area contributed by atoms with Crippen molar-refractivity contribution in [2.75, 3.05) is 6.61 Å². The second-order valence-electron chi connectivity index (χ2n) is 9.36. The van der Waals surface area contributed by atoms with Crippen molar-refractivity contribution in [3.63, 3.8) is 0 Å². The van der Waals surface area contributed by atoms with E-state index >= 15 is 4.39 Å². The largest absolute Gasteiger partial charge is 0.390 e. The lowest BCUT2D eigenvalue weighted by Crippen LogP contribution is -2.69. The number of rotatable bonds is 2. The summed E-state index contributed by atoms with van der Waals surface area (Å²) in [5.74, 6) is -2.38. The molecule has 0 bridgehead atoms. The summed E-state index contributed by atoms with van der Waals surface area (Å²) in [5.41, 5.74) is -6.12. The van der Waals surface area contributed by atoms with E-state index in [-0.39, 0.29) is 18.6 Å². The van der Waals surface area contributed by atoms with Gasteiger partial charge in [0.25, 0.3) is 0 Å². The quantitative estimate of drug-likeness (QED) is 0.546. The van der Waals surface area contributed by atoms with Gasteiger partial charge in [0.05, 0.1) is 12.2 Å². The van der Waals surface area contributed by atoms with Crippen molar-refractivity contribution < 1.29 is 34.4 Å². The minimum absolute atomic E-state index is 0.0135. The maximum Gasteiger partial charge on any atom is 0.192 e. The van der Waals surface area contributed by atoms with Gasteiger partial charge in [-0.2, -0.15) is 0 Å². The normalized spacial score (nSPS) is 52.5. The van der Waals surface area contributed by atoms with E-state index in [0.717, 1.165) is 0 Å². The number of alkyl halides is 1. The molecule has 4 aliphatic rings. The molecule has 0 spiro atoms. The fourth-order valence-corrected chi connectivity index (χ4v) is 6.85. The fourth-order valence-electron chi connectivity index (χ4n) is 6.85. The molecular weight excluding hydrogens is 367 g/mol. The minimum atomic E-state index is -2.23. The average Bonchev–Trinajstić information content (AvgIpc) is 2.84. The highest BCUT2D eigenvalue weighted by Gasteiger charge is 2.76. The zero-order chi connectivity index (χ0) is 20.7. The number of hydrogen-bond donors (Lipinski definition) is 4. The van der Waals surface area contributed by atoms with Gasteiger partial charge in [0.15, 0.2) is 22.8 Å². The van der Waals surface area contributed by atoms with Gasteiger partial charge in [-0.1, -0.05) is 18.6 Å². The van der Waals surface area contributed by atoms with Gasteiger partial charge >= 0.3 is 0 Å². The zero-order valence-corrected chi connectivity index (χ0v) is 16.1. The van der Waals surface area contributed by atoms with Crippen LogP contribution in [-0.2, 0) is 9.59 Å². The van der Waals surface area contributed by atoms with E-state index in [4.69, 9.17) is 0 Å². The molecule has 6 nitrogen and oxygen atoms in total. The molecule has 7 heteroatoms. The van der Waals surface area contributed by atoms with E-state index < -0.39 is 58.5 Å². The van der Waals surface area contributed by atoms with Gasteiger partial charge in [0, 0.05) is 16.7 Å². The molecule has 0 amide bonds. The Morgan fingerprint density at radius 1 is 1.25 bits per heavy atom. The van der Waals surface area contributed by atoms with Crippen molar-refractivity contribution >= 4 is 11.6 Å². The molecule has 0 aliphatic heterocycles. The van der Waals surface area contributed by atoms with Crippen molar-refractivity contribution in [1.29, 1.82) is 0 Å². The first-order valence-corrected chi connectivity index (χ1v) is 9.82. The van der Waals surface area contributed by atoms with Gasteiger partial charge in [0.2, 0.25) is 0 Å². The third kappa shape index (κ3) is 2.01. The fraction of sp³-hybridized carbons (Fsp3) is 0.714. The number of aliphatic hydroxyl groups excluding tert-OH is 3. The Morgan fingerprint density at radius 2 is 1.93 bits per heavy atom. The molecule has 3 fully saturated rings. The summed E-state index contributed by atoms with van der Waals surface area (Å²) in [4.78, 5) is 24.2.